The molecule has 180 valence electrons. The van der Waals surface area contributed by atoms with Crippen LogP contribution in [-0.2, 0) is 31.8 Å². The van der Waals surface area contributed by atoms with E-state index in [4.69, 9.17) is 22.9 Å². The van der Waals surface area contributed by atoms with Gasteiger partial charge in [0.2, 0.25) is 0 Å². The van der Waals surface area contributed by atoms with E-state index in [-0.39, 0.29) is 0 Å². The van der Waals surface area contributed by atoms with E-state index in [1.807, 2.05) is 72.8 Å². The van der Waals surface area contributed by atoms with E-state index in [0.29, 0.717) is 26.2 Å². The molecule has 0 bridgehead atoms. The molecule has 0 spiro atoms. The molecule has 0 radical (unpaired) electrons. The van der Waals surface area contributed by atoms with Gasteiger partial charge >= 0.3 is 0 Å². The van der Waals surface area contributed by atoms with Gasteiger partial charge in [-0.1, -0.05) is 97.1 Å². The lowest BCUT2D eigenvalue weighted by molar-refractivity contribution is 0.0624. The topological polar surface area (TPSA) is 124 Å². The number of rotatable bonds is 9. The summed E-state index contributed by atoms with van der Waals surface area (Å²) in [5, 5.41) is 12.8. The SMILES string of the molecule is NCc1ccc(C(c2ccc(CN)cc2)C(O)(c2ccc(CN)cc2)c2ccc(CN)cc2)cc1. The molecule has 5 heteroatoms. The van der Waals surface area contributed by atoms with Crippen molar-refractivity contribution in [1.29, 1.82) is 0 Å². The van der Waals surface area contributed by atoms with Gasteiger partial charge in [-0.3, -0.25) is 0 Å². The monoisotopic (exact) mass is 466 g/mol. The molecule has 0 aliphatic heterocycles. The van der Waals surface area contributed by atoms with Crippen LogP contribution in [-0.4, -0.2) is 5.11 Å². The van der Waals surface area contributed by atoms with E-state index < -0.39 is 11.5 Å². The minimum Gasteiger partial charge on any atom is -0.379 e. The van der Waals surface area contributed by atoms with Crippen molar-refractivity contribution in [1.82, 2.24) is 0 Å². The Kier molecular flexibility index (Phi) is 7.76. The summed E-state index contributed by atoms with van der Waals surface area (Å²) in [6, 6.07) is 32.0. The summed E-state index contributed by atoms with van der Waals surface area (Å²) in [6.07, 6.45) is 0. The predicted molar refractivity (Wildman–Crippen MR) is 142 cm³/mol. The molecule has 4 aromatic rings. The van der Waals surface area contributed by atoms with Gasteiger partial charge in [-0.05, 0) is 44.5 Å². The molecule has 0 fully saturated rings. The van der Waals surface area contributed by atoms with Crippen LogP contribution in [0.25, 0.3) is 0 Å². The van der Waals surface area contributed by atoms with Crippen LogP contribution in [0.4, 0.5) is 0 Å². The number of nitrogens with two attached hydrogens (primary N) is 4. The molecule has 4 rings (SSSR count). The molecule has 0 heterocycles. The number of benzene rings is 4. The van der Waals surface area contributed by atoms with Crippen molar-refractivity contribution in [2.45, 2.75) is 37.7 Å². The molecule has 0 atom stereocenters. The summed E-state index contributed by atoms with van der Waals surface area (Å²) in [6.45, 7) is 1.80. The van der Waals surface area contributed by atoms with Crippen LogP contribution >= 0.6 is 0 Å². The average molecular weight is 467 g/mol. The van der Waals surface area contributed by atoms with Crippen LogP contribution in [0.1, 0.15) is 50.4 Å². The average Bonchev–Trinajstić information content (AvgIpc) is 2.94. The maximum Gasteiger partial charge on any atom is 0.125 e. The lowest BCUT2D eigenvalue weighted by atomic mass is 9.69. The Morgan fingerprint density at radius 3 is 0.971 bits per heavy atom. The lowest BCUT2D eigenvalue weighted by Crippen LogP contribution is -2.36. The molecule has 35 heavy (non-hydrogen) atoms. The standard InChI is InChI=1S/C30H34N4O/c31-17-21-1-9-25(10-2-21)29(26-11-3-22(18-32)4-12-26)30(35,27-13-5-23(19-33)6-14-27)28-15-7-24(20-34)8-16-28/h1-16,29,35H,17-20,31-34H2. The van der Waals surface area contributed by atoms with Crippen molar-refractivity contribution < 1.29 is 5.11 Å². The third kappa shape index (κ3) is 5.05. The molecule has 5 nitrogen and oxygen atoms in total. The Hall–Kier alpha value is -3.32. The van der Waals surface area contributed by atoms with Gasteiger partial charge in [-0.15, -0.1) is 0 Å². The van der Waals surface area contributed by atoms with Gasteiger partial charge in [0.05, 0.1) is 0 Å². The molecule has 0 aliphatic rings. The third-order valence-corrected chi connectivity index (χ3v) is 6.77. The number of aliphatic hydroxyl groups is 1. The minimum absolute atomic E-state index is 0.395. The largest absolute Gasteiger partial charge is 0.379 e. The fourth-order valence-corrected chi connectivity index (χ4v) is 4.66. The van der Waals surface area contributed by atoms with E-state index in [9.17, 15) is 5.11 Å². The van der Waals surface area contributed by atoms with Crippen molar-refractivity contribution in [3.63, 3.8) is 0 Å². The molecule has 4 aromatic carbocycles. The summed E-state index contributed by atoms with van der Waals surface area (Å²) >= 11 is 0. The Morgan fingerprint density at radius 1 is 0.457 bits per heavy atom. The maximum atomic E-state index is 12.8. The van der Waals surface area contributed by atoms with Crippen molar-refractivity contribution in [2.75, 3.05) is 0 Å². The van der Waals surface area contributed by atoms with Crippen molar-refractivity contribution in [3.8, 4) is 0 Å². The van der Waals surface area contributed by atoms with Gasteiger partial charge in [0.25, 0.3) is 0 Å². The van der Waals surface area contributed by atoms with E-state index in [2.05, 4.69) is 24.3 Å². The highest BCUT2D eigenvalue weighted by atomic mass is 16.3. The summed E-state index contributed by atoms with van der Waals surface area (Å²) in [5.74, 6) is -0.395. The summed E-state index contributed by atoms with van der Waals surface area (Å²) in [4.78, 5) is 0. The van der Waals surface area contributed by atoms with Crippen molar-refractivity contribution in [3.05, 3.63) is 142 Å². The van der Waals surface area contributed by atoms with Crippen LogP contribution in [0.3, 0.4) is 0 Å². The van der Waals surface area contributed by atoms with E-state index >= 15 is 0 Å². The molecule has 0 unspecified atom stereocenters. The number of hydrogen-bond donors (Lipinski definition) is 5. The normalized spacial score (nSPS) is 11.7. The second-order valence-corrected chi connectivity index (χ2v) is 8.89. The Labute approximate surface area is 207 Å². The van der Waals surface area contributed by atoms with Gasteiger partial charge in [0.15, 0.2) is 0 Å². The first-order chi connectivity index (χ1) is 17.0. The molecule has 0 aromatic heterocycles. The van der Waals surface area contributed by atoms with Crippen LogP contribution < -0.4 is 22.9 Å². The predicted octanol–water partition coefficient (Wildman–Crippen LogP) is 3.59. The summed E-state index contributed by atoms with van der Waals surface area (Å²) < 4.78 is 0. The first-order valence-electron chi connectivity index (χ1n) is 11.9. The first kappa shape index (κ1) is 24.8. The van der Waals surface area contributed by atoms with Crippen LogP contribution in [0.2, 0.25) is 0 Å². The van der Waals surface area contributed by atoms with Gasteiger partial charge in [-0.25, -0.2) is 0 Å². The van der Waals surface area contributed by atoms with Crippen LogP contribution in [0, 0.1) is 0 Å². The Morgan fingerprint density at radius 2 is 0.714 bits per heavy atom. The van der Waals surface area contributed by atoms with Crippen molar-refractivity contribution in [2.24, 2.45) is 22.9 Å². The minimum atomic E-state index is -1.37. The maximum absolute atomic E-state index is 12.8. The number of hydrogen-bond acceptors (Lipinski definition) is 5. The fourth-order valence-electron chi connectivity index (χ4n) is 4.66. The molecule has 0 aliphatic carbocycles. The fraction of sp³-hybridized carbons (Fsp3) is 0.200. The van der Waals surface area contributed by atoms with Gasteiger partial charge in [-0.2, -0.15) is 0 Å². The highest BCUT2D eigenvalue weighted by Crippen LogP contribution is 2.46. The highest BCUT2D eigenvalue weighted by molar-refractivity contribution is 5.49. The molecule has 0 saturated heterocycles. The summed E-state index contributed by atoms with van der Waals surface area (Å²) in [5.41, 5.74) is 29.7. The zero-order valence-corrected chi connectivity index (χ0v) is 19.9. The first-order valence-corrected chi connectivity index (χ1v) is 11.9. The lowest BCUT2D eigenvalue weighted by Gasteiger charge is -2.38. The van der Waals surface area contributed by atoms with Gasteiger partial charge in [0, 0.05) is 32.1 Å². The summed E-state index contributed by atoms with van der Waals surface area (Å²) in [7, 11) is 0. The second kappa shape index (κ2) is 11.0. The molecular weight excluding hydrogens is 432 g/mol. The third-order valence-electron chi connectivity index (χ3n) is 6.77. The van der Waals surface area contributed by atoms with E-state index in [1.165, 1.54) is 0 Å². The van der Waals surface area contributed by atoms with Crippen molar-refractivity contribution >= 4 is 0 Å². The molecular formula is C30H34N4O. The Bertz CT molecular complexity index is 1120. The molecule has 0 amide bonds. The quantitative estimate of drug-likeness (QED) is 0.258. The van der Waals surface area contributed by atoms with E-state index in [0.717, 1.165) is 44.5 Å². The van der Waals surface area contributed by atoms with Gasteiger partial charge < -0.3 is 28.0 Å². The smallest absolute Gasteiger partial charge is 0.125 e. The Balaban J connectivity index is 1.97. The zero-order valence-electron chi connectivity index (χ0n) is 19.9. The van der Waals surface area contributed by atoms with Crippen LogP contribution in [0.15, 0.2) is 97.1 Å². The van der Waals surface area contributed by atoms with Crippen LogP contribution in [0.5, 0.6) is 0 Å². The van der Waals surface area contributed by atoms with E-state index in [1.54, 1.807) is 0 Å². The second-order valence-electron chi connectivity index (χ2n) is 8.89. The zero-order chi connectivity index (χ0) is 24.8. The van der Waals surface area contributed by atoms with Gasteiger partial charge in [0.1, 0.15) is 5.60 Å². The molecule has 9 N–H and O–H groups in total. The highest BCUT2D eigenvalue weighted by Gasteiger charge is 2.42. The molecule has 0 saturated carbocycles.